The summed E-state index contributed by atoms with van der Waals surface area (Å²) in [5.41, 5.74) is 3.99. The molecule has 0 aliphatic carbocycles. The second-order valence-corrected chi connectivity index (χ2v) is 8.18. The van der Waals surface area contributed by atoms with Gasteiger partial charge in [-0.1, -0.05) is 60.2 Å². The van der Waals surface area contributed by atoms with Gasteiger partial charge in [-0.25, -0.2) is 4.79 Å². The Kier molecular flexibility index (Phi) is 6.54. The molecule has 0 fully saturated rings. The molecule has 1 atom stereocenters. The van der Waals surface area contributed by atoms with E-state index in [1.54, 1.807) is 24.3 Å². The summed E-state index contributed by atoms with van der Waals surface area (Å²) in [6.07, 6.45) is 0.632. The molecule has 7 nitrogen and oxygen atoms in total. The molecular formula is C27H24N2O5. The first kappa shape index (κ1) is 22.9. The normalized spacial score (nSPS) is 13.4. The van der Waals surface area contributed by atoms with E-state index in [9.17, 15) is 19.2 Å². The van der Waals surface area contributed by atoms with Crippen molar-refractivity contribution in [2.45, 2.75) is 26.3 Å². The van der Waals surface area contributed by atoms with Gasteiger partial charge in [0.05, 0.1) is 11.1 Å². The molecule has 0 radical (unpaired) electrons. The van der Waals surface area contributed by atoms with E-state index in [1.165, 1.54) is 6.92 Å². The van der Waals surface area contributed by atoms with Gasteiger partial charge >= 0.3 is 5.97 Å². The van der Waals surface area contributed by atoms with Crippen molar-refractivity contribution in [1.82, 2.24) is 4.90 Å². The summed E-state index contributed by atoms with van der Waals surface area (Å²) < 4.78 is 5.13. The lowest BCUT2D eigenvalue weighted by Gasteiger charge is -2.20. The molecule has 1 N–H and O–H groups in total. The van der Waals surface area contributed by atoms with Gasteiger partial charge in [-0.3, -0.25) is 19.3 Å². The number of fused-ring (bicyclic) bond motifs is 1. The van der Waals surface area contributed by atoms with Gasteiger partial charge in [0.15, 0.2) is 6.61 Å². The van der Waals surface area contributed by atoms with Crippen LogP contribution in [0.2, 0.25) is 0 Å². The predicted octanol–water partition coefficient (Wildman–Crippen LogP) is 3.75. The van der Waals surface area contributed by atoms with Crippen molar-refractivity contribution in [3.8, 4) is 0 Å². The number of para-hydroxylation sites is 1. The third-order valence-corrected chi connectivity index (χ3v) is 5.68. The molecule has 3 aromatic carbocycles. The largest absolute Gasteiger partial charge is 0.454 e. The van der Waals surface area contributed by atoms with Crippen LogP contribution in [0.1, 0.15) is 44.3 Å². The van der Waals surface area contributed by atoms with Crippen LogP contribution in [0.5, 0.6) is 0 Å². The molecule has 0 saturated heterocycles. The predicted molar refractivity (Wildman–Crippen MR) is 126 cm³/mol. The molecule has 0 bridgehead atoms. The highest BCUT2D eigenvalue weighted by Gasteiger charge is 2.41. The molecule has 7 heteroatoms. The highest BCUT2D eigenvalue weighted by Crippen LogP contribution is 2.26. The van der Waals surface area contributed by atoms with Gasteiger partial charge in [-0.15, -0.1) is 0 Å². The number of amides is 3. The zero-order chi connectivity index (χ0) is 24.2. The second kappa shape index (κ2) is 9.70. The van der Waals surface area contributed by atoms with E-state index < -0.39 is 36.3 Å². The topological polar surface area (TPSA) is 92.8 Å². The number of hydrogen-bond acceptors (Lipinski definition) is 5. The molecule has 172 valence electrons. The quantitative estimate of drug-likeness (QED) is 0.432. The summed E-state index contributed by atoms with van der Waals surface area (Å²) >= 11 is 0. The lowest BCUT2D eigenvalue weighted by atomic mass is 10.0. The van der Waals surface area contributed by atoms with Gasteiger partial charge in [-0.2, -0.15) is 0 Å². The lowest BCUT2D eigenvalue weighted by Crippen LogP contribution is -2.44. The summed E-state index contributed by atoms with van der Waals surface area (Å²) in [6, 6.07) is 21.0. The Bertz CT molecular complexity index is 1270. The van der Waals surface area contributed by atoms with E-state index in [1.807, 2.05) is 55.5 Å². The fourth-order valence-corrected chi connectivity index (χ4v) is 3.89. The van der Waals surface area contributed by atoms with Crippen LogP contribution in [-0.2, 0) is 20.7 Å². The number of benzene rings is 3. The van der Waals surface area contributed by atoms with Crippen LogP contribution in [0.3, 0.4) is 0 Å². The van der Waals surface area contributed by atoms with Gasteiger partial charge < -0.3 is 10.1 Å². The molecule has 3 amide bonds. The molecule has 3 aromatic rings. The molecule has 4 rings (SSSR count). The highest BCUT2D eigenvalue weighted by molar-refractivity contribution is 6.22. The van der Waals surface area contributed by atoms with Crippen molar-refractivity contribution >= 4 is 29.4 Å². The minimum atomic E-state index is -1.16. The third kappa shape index (κ3) is 4.73. The van der Waals surface area contributed by atoms with Crippen LogP contribution in [0, 0.1) is 6.92 Å². The Morgan fingerprint density at radius 3 is 2.35 bits per heavy atom. The van der Waals surface area contributed by atoms with Crippen molar-refractivity contribution in [2.75, 3.05) is 11.9 Å². The fourth-order valence-electron chi connectivity index (χ4n) is 3.89. The maximum Gasteiger partial charge on any atom is 0.329 e. The summed E-state index contributed by atoms with van der Waals surface area (Å²) in [4.78, 5) is 51.2. The van der Waals surface area contributed by atoms with Crippen LogP contribution in [0.25, 0.3) is 0 Å². The molecular weight excluding hydrogens is 432 g/mol. The highest BCUT2D eigenvalue weighted by atomic mass is 16.5. The number of hydrogen-bond donors (Lipinski definition) is 1. The molecule has 0 spiro atoms. The monoisotopic (exact) mass is 456 g/mol. The number of imide groups is 1. The average molecular weight is 456 g/mol. The zero-order valence-electron chi connectivity index (χ0n) is 18.9. The third-order valence-electron chi connectivity index (χ3n) is 5.68. The summed E-state index contributed by atoms with van der Waals surface area (Å²) in [7, 11) is 0. The van der Waals surface area contributed by atoms with Crippen LogP contribution in [-0.4, -0.2) is 41.2 Å². The Hall–Kier alpha value is -4.26. The van der Waals surface area contributed by atoms with Crippen LogP contribution < -0.4 is 5.32 Å². The second-order valence-electron chi connectivity index (χ2n) is 8.18. The summed E-state index contributed by atoms with van der Waals surface area (Å²) in [5, 5.41) is 2.77. The van der Waals surface area contributed by atoms with Gasteiger partial charge in [0.25, 0.3) is 17.7 Å². The number of anilines is 1. The molecule has 1 aliphatic rings. The van der Waals surface area contributed by atoms with Gasteiger partial charge in [0.1, 0.15) is 6.04 Å². The Morgan fingerprint density at radius 1 is 0.912 bits per heavy atom. The average Bonchev–Trinajstić information content (AvgIpc) is 3.08. The first-order chi connectivity index (χ1) is 16.3. The molecule has 1 heterocycles. The molecule has 1 unspecified atom stereocenters. The maximum atomic E-state index is 12.7. The SMILES string of the molecule is Cc1ccc2c(c1)C(=O)N(C(C)C(=O)OCC(=O)Nc1ccccc1Cc1ccccc1)C2=O. The molecule has 0 saturated carbocycles. The van der Waals surface area contributed by atoms with Crippen molar-refractivity contribution in [3.05, 3.63) is 101 Å². The molecule has 34 heavy (non-hydrogen) atoms. The smallest absolute Gasteiger partial charge is 0.329 e. The number of nitrogens with one attached hydrogen (secondary N) is 1. The summed E-state index contributed by atoms with van der Waals surface area (Å²) in [6.45, 7) is 2.68. The Morgan fingerprint density at radius 2 is 1.59 bits per heavy atom. The number of aryl methyl sites for hydroxylation is 1. The summed E-state index contributed by atoms with van der Waals surface area (Å²) in [5.74, 6) is -2.45. The van der Waals surface area contributed by atoms with Crippen LogP contribution in [0.4, 0.5) is 5.69 Å². The van der Waals surface area contributed by atoms with Crippen molar-refractivity contribution in [1.29, 1.82) is 0 Å². The van der Waals surface area contributed by atoms with E-state index in [0.29, 0.717) is 12.1 Å². The zero-order valence-corrected chi connectivity index (χ0v) is 18.9. The number of rotatable bonds is 7. The first-order valence-electron chi connectivity index (χ1n) is 10.9. The number of carbonyl (C=O) groups excluding carboxylic acids is 4. The van der Waals surface area contributed by atoms with Crippen molar-refractivity contribution in [3.63, 3.8) is 0 Å². The Labute approximate surface area is 197 Å². The van der Waals surface area contributed by atoms with Gasteiger partial charge in [-0.05, 0) is 49.6 Å². The van der Waals surface area contributed by atoms with E-state index in [4.69, 9.17) is 4.74 Å². The fraction of sp³-hybridized carbons (Fsp3) is 0.185. The van der Waals surface area contributed by atoms with E-state index in [0.717, 1.165) is 21.6 Å². The van der Waals surface area contributed by atoms with E-state index in [2.05, 4.69) is 5.32 Å². The minimum Gasteiger partial charge on any atom is -0.454 e. The molecule has 0 aromatic heterocycles. The standard InChI is InChI=1S/C27H24N2O5/c1-17-12-13-21-22(14-17)26(32)29(25(21)31)18(2)27(33)34-16-24(30)28-23-11-7-6-10-20(23)15-19-8-4-3-5-9-19/h3-14,18H,15-16H2,1-2H3,(H,28,30). The van der Waals surface area contributed by atoms with Crippen LogP contribution in [0.15, 0.2) is 72.8 Å². The van der Waals surface area contributed by atoms with Crippen molar-refractivity contribution < 1.29 is 23.9 Å². The van der Waals surface area contributed by atoms with Crippen molar-refractivity contribution in [2.24, 2.45) is 0 Å². The number of esters is 1. The van der Waals surface area contributed by atoms with Gasteiger partial charge in [0.2, 0.25) is 0 Å². The number of carbonyl (C=O) groups is 4. The maximum absolute atomic E-state index is 12.7. The lowest BCUT2D eigenvalue weighted by molar-refractivity contribution is -0.150. The minimum absolute atomic E-state index is 0.253. The van der Waals surface area contributed by atoms with Crippen LogP contribution >= 0.6 is 0 Å². The molecule has 1 aliphatic heterocycles. The van der Waals surface area contributed by atoms with E-state index in [-0.39, 0.29) is 11.1 Å². The van der Waals surface area contributed by atoms with Gasteiger partial charge in [0, 0.05) is 5.69 Å². The first-order valence-corrected chi connectivity index (χ1v) is 10.9. The van der Waals surface area contributed by atoms with E-state index >= 15 is 0 Å². The Balaban J connectivity index is 1.36. The number of nitrogens with zero attached hydrogens (tertiary/aromatic N) is 1. The number of ether oxygens (including phenoxy) is 1.